The number of aryl methyl sites for hydroxylation is 1. The first-order valence-corrected chi connectivity index (χ1v) is 8.37. The largest absolute Gasteiger partial charge is 0.378 e. The number of carbonyl (C=O) groups excluding carboxylic acids is 1. The number of anilines is 1. The molecule has 1 aliphatic rings. The number of fused-ring (bicyclic) bond motifs is 1. The molecule has 1 aromatic heterocycles. The van der Waals surface area contributed by atoms with Crippen LogP contribution in [0.5, 0.6) is 0 Å². The average Bonchev–Trinajstić information content (AvgIpc) is 2.98. The molecule has 1 amide bonds. The van der Waals surface area contributed by atoms with Gasteiger partial charge < -0.3 is 10.6 Å². The van der Waals surface area contributed by atoms with E-state index in [9.17, 15) is 4.79 Å². The van der Waals surface area contributed by atoms with Crippen LogP contribution in [0.25, 0.3) is 0 Å². The van der Waals surface area contributed by atoms with Gasteiger partial charge in [0, 0.05) is 22.7 Å². The quantitative estimate of drug-likeness (QED) is 0.896. The van der Waals surface area contributed by atoms with E-state index in [4.69, 9.17) is 0 Å². The number of thiophene rings is 1. The summed E-state index contributed by atoms with van der Waals surface area (Å²) in [6.07, 6.45) is 3.62. The summed E-state index contributed by atoms with van der Waals surface area (Å²) in [5, 5.41) is 8.59. The molecule has 0 fully saturated rings. The molecule has 0 radical (unpaired) electrons. The lowest BCUT2D eigenvalue weighted by Crippen LogP contribution is -2.22. The molecule has 1 heterocycles. The number of benzene rings is 1. The fourth-order valence-corrected chi connectivity index (χ4v) is 3.81. The van der Waals surface area contributed by atoms with Crippen LogP contribution in [-0.2, 0) is 6.42 Å². The standard InChI is InChI=1S/C17H20N2OS/c1-2-18-17(20)12-6-8-13(9-7-12)19-15-4-3-5-16-14(15)10-11-21-16/h6-11,15,19H,2-5H2,1H3,(H,18,20). The minimum atomic E-state index is -0.0122. The van der Waals surface area contributed by atoms with E-state index < -0.39 is 0 Å². The lowest BCUT2D eigenvalue weighted by Gasteiger charge is -2.24. The Hall–Kier alpha value is -1.81. The molecule has 21 heavy (non-hydrogen) atoms. The van der Waals surface area contributed by atoms with Gasteiger partial charge in [-0.1, -0.05) is 0 Å². The molecule has 1 aromatic carbocycles. The number of amides is 1. The summed E-state index contributed by atoms with van der Waals surface area (Å²) in [5.41, 5.74) is 3.23. The highest BCUT2D eigenvalue weighted by molar-refractivity contribution is 7.10. The van der Waals surface area contributed by atoms with Crippen LogP contribution in [0.2, 0.25) is 0 Å². The predicted molar refractivity (Wildman–Crippen MR) is 88.1 cm³/mol. The van der Waals surface area contributed by atoms with Gasteiger partial charge in [0.15, 0.2) is 0 Å². The highest BCUT2D eigenvalue weighted by atomic mass is 32.1. The Bertz CT molecular complexity index is 618. The third kappa shape index (κ3) is 3.10. The first-order valence-electron chi connectivity index (χ1n) is 7.49. The van der Waals surface area contributed by atoms with Crippen molar-refractivity contribution < 1.29 is 4.79 Å². The summed E-state index contributed by atoms with van der Waals surface area (Å²) in [4.78, 5) is 13.3. The summed E-state index contributed by atoms with van der Waals surface area (Å²) in [7, 11) is 0. The molecule has 2 N–H and O–H groups in total. The molecule has 0 bridgehead atoms. The molecule has 1 aliphatic carbocycles. The van der Waals surface area contributed by atoms with Crippen molar-refractivity contribution in [2.75, 3.05) is 11.9 Å². The summed E-state index contributed by atoms with van der Waals surface area (Å²) in [6.45, 7) is 2.58. The van der Waals surface area contributed by atoms with Crippen molar-refractivity contribution in [1.29, 1.82) is 0 Å². The molecule has 4 heteroatoms. The highest BCUT2D eigenvalue weighted by Gasteiger charge is 2.20. The van der Waals surface area contributed by atoms with Crippen LogP contribution in [0.3, 0.4) is 0 Å². The third-order valence-electron chi connectivity index (χ3n) is 3.88. The number of hydrogen-bond donors (Lipinski definition) is 2. The van der Waals surface area contributed by atoms with Gasteiger partial charge in [-0.15, -0.1) is 11.3 Å². The van der Waals surface area contributed by atoms with Gasteiger partial charge in [-0.3, -0.25) is 4.79 Å². The normalized spacial score (nSPS) is 17.1. The van der Waals surface area contributed by atoms with Crippen molar-refractivity contribution in [2.45, 2.75) is 32.2 Å². The average molecular weight is 300 g/mol. The zero-order chi connectivity index (χ0) is 14.7. The van der Waals surface area contributed by atoms with E-state index >= 15 is 0 Å². The van der Waals surface area contributed by atoms with Crippen molar-refractivity contribution in [1.82, 2.24) is 5.32 Å². The minimum Gasteiger partial charge on any atom is -0.378 e. The van der Waals surface area contributed by atoms with E-state index in [-0.39, 0.29) is 5.91 Å². The Morgan fingerprint density at radius 2 is 2.10 bits per heavy atom. The first-order chi connectivity index (χ1) is 10.3. The van der Waals surface area contributed by atoms with Gasteiger partial charge in [0.25, 0.3) is 5.91 Å². The van der Waals surface area contributed by atoms with Crippen LogP contribution in [0.4, 0.5) is 5.69 Å². The second-order valence-corrected chi connectivity index (χ2v) is 6.33. The van der Waals surface area contributed by atoms with Crippen LogP contribution in [0.1, 0.15) is 46.6 Å². The maximum absolute atomic E-state index is 11.7. The number of rotatable bonds is 4. The van der Waals surface area contributed by atoms with Gasteiger partial charge in [0.1, 0.15) is 0 Å². The summed E-state index contributed by atoms with van der Waals surface area (Å²) in [5.74, 6) is -0.0122. The van der Waals surface area contributed by atoms with Crippen molar-refractivity contribution in [2.24, 2.45) is 0 Å². The number of hydrogen-bond acceptors (Lipinski definition) is 3. The van der Waals surface area contributed by atoms with Gasteiger partial charge in [0.2, 0.25) is 0 Å². The molecule has 1 atom stereocenters. The fraction of sp³-hybridized carbons (Fsp3) is 0.353. The molecule has 3 rings (SSSR count). The predicted octanol–water partition coefficient (Wildman–Crippen LogP) is 3.99. The second kappa shape index (κ2) is 6.31. The molecule has 0 spiro atoms. The zero-order valence-electron chi connectivity index (χ0n) is 12.2. The van der Waals surface area contributed by atoms with E-state index in [1.807, 2.05) is 42.5 Å². The molecule has 0 saturated heterocycles. The molecule has 3 nitrogen and oxygen atoms in total. The number of carbonyl (C=O) groups is 1. The van der Waals surface area contributed by atoms with Gasteiger partial charge in [-0.25, -0.2) is 0 Å². The van der Waals surface area contributed by atoms with E-state index in [1.165, 1.54) is 29.7 Å². The van der Waals surface area contributed by atoms with Crippen molar-refractivity contribution in [3.8, 4) is 0 Å². The Balaban J connectivity index is 1.71. The maximum atomic E-state index is 11.7. The lowest BCUT2D eigenvalue weighted by molar-refractivity contribution is 0.0956. The van der Waals surface area contributed by atoms with Gasteiger partial charge in [-0.2, -0.15) is 0 Å². The molecule has 110 valence electrons. The maximum Gasteiger partial charge on any atom is 0.251 e. The van der Waals surface area contributed by atoms with Gasteiger partial charge in [-0.05, 0) is 67.5 Å². The van der Waals surface area contributed by atoms with Crippen LogP contribution in [-0.4, -0.2) is 12.5 Å². The summed E-state index contributed by atoms with van der Waals surface area (Å²) >= 11 is 1.86. The molecule has 0 aliphatic heterocycles. The summed E-state index contributed by atoms with van der Waals surface area (Å²) in [6, 6.07) is 10.4. The van der Waals surface area contributed by atoms with Crippen LogP contribution >= 0.6 is 11.3 Å². The van der Waals surface area contributed by atoms with E-state index in [1.54, 1.807) is 0 Å². The fourth-order valence-electron chi connectivity index (χ4n) is 2.82. The third-order valence-corrected chi connectivity index (χ3v) is 4.87. The SMILES string of the molecule is CCNC(=O)c1ccc(NC2CCCc3sccc32)cc1. The zero-order valence-corrected chi connectivity index (χ0v) is 13.0. The second-order valence-electron chi connectivity index (χ2n) is 5.33. The monoisotopic (exact) mass is 300 g/mol. The van der Waals surface area contributed by atoms with E-state index in [0.717, 1.165) is 5.69 Å². The highest BCUT2D eigenvalue weighted by Crippen LogP contribution is 2.35. The molecular weight excluding hydrogens is 280 g/mol. The van der Waals surface area contributed by atoms with Crippen LogP contribution in [0.15, 0.2) is 35.7 Å². The lowest BCUT2D eigenvalue weighted by atomic mass is 9.94. The van der Waals surface area contributed by atoms with Crippen LogP contribution in [0, 0.1) is 0 Å². The van der Waals surface area contributed by atoms with Crippen molar-refractivity contribution >= 4 is 22.9 Å². The topological polar surface area (TPSA) is 41.1 Å². The van der Waals surface area contributed by atoms with Crippen molar-refractivity contribution in [3.05, 3.63) is 51.7 Å². The van der Waals surface area contributed by atoms with E-state index in [2.05, 4.69) is 22.1 Å². The Kier molecular flexibility index (Phi) is 4.25. The summed E-state index contributed by atoms with van der Waals surface area (Å²) < 4.78 is 0. The Morgan fingerprint density at radius 3 is 2.86 bits per heavy atom. The van der Waals surface area contributed by atoms with Crippen molar-refractivity contribution in [3.63, 3.8) is 0 Å². The van der Waals surface area contributed by atoms with Gasteiger partial charge >= 0.3 is 0 Å². The molecule has 0 saturated carbocycles. The Labute approximate surface area is 129 Å². The Morgan fingerprint density at radius 1 is 1.29 bits per heavy atom. The minimum absolute atomic E-state index is 0.0122. The smallest absolute Gasteiger partial charge is 0.251 e. The molecular formula is C17H20N2OS. The van der Waals surface area contributed by atoms with Gasteiger partial charge in [0.05, 0.1) is 6.04 Å². The molecule has 2 aromatic rings. The van der Waals surface area contributed by atoms with E-state index in [0.29, 0.717) is 18.2 Å². The first kappa shape index (κ1) is 14.1. The molecule has 1 unspecified atom stereocenters. The van der Waals surface area contributed by atoms with Crippen LogP contribution < -0.4 is 10.6 Å². The number of nitrogens with one attached hydrogen (secondary N) is 2.